The fourth-order valence-corrected chi connectivity index (χ4v) is 4.07. The Hall–Kier alpha value is -2.37. The van der Waals surface area contributed by atoms with E-state index in [9.17, 15) is 9.59 Å². The van der Waals surface area contributed by atoms with Crippen LogP contribution in [0.3, 0.4) is 0 Å². The van der Waals surface area contributed by atoms with Gasteiger partial charge in [0.1, 0.15) is 5.52 Å². The molecule has 2 heterocycles. The molecule has 1 N–H and O–H groups in total. The summed E-state index contributed by atoms with van der Waals surface area (Å²) in [4.78, 5) is 31.1. The lowest BCUT2D eigenvalue weighted by Crippen LogP contribution is -2.39. The summed E-state index contributed by atoms with van der Waals surface area (Å²) in [6.45, 7) is 2.23. The molecule has 1 aliphatic heterocycles. The fraction of sp³-hybridized carbons (Fsp3) is 0.550. The molecule has 4 rings (SSSR count). The van der Waals surface area contributed by atoms with Crippen molar-refractivity contribution in [3.8, 4) is 0 Å². The second kappa shape index (κ2) is 7.09. The van der Waals surface area contributed by atoms with Crippen LogP contribution in [0.15, 0.2) is 22.6 Å². The highest BCUT2D eigenvalue weighted by atomic mass is 16.3. The van der Waals surface area contributed by atoms with Crippen LogP contribution in [0.2, 0.25) is 0 Å². The first-order valence-corrected chi connectivity index (χ1v) is 9.58. The Morgan fingerprint density at radius 2 is 2.00 bits per heavy atom. The molecule has 0 spiro atoms. The number of nitrogens with zero attached hydrogens (tertiary/aromatic N) is 2. The van der Waals surface area contributed by atoms with E-state index in [1.807, 2.05) is 18.2 Å². The zero-order valence-corrected chi connectivity index (χ0v) is 15.2. The maximum atomic E-state index is 12.6. The van der Waals surface area contributed by atoms with Crippen LogP contribution in [0.4, 0.5) is 5.69 Å². The third kappa shape index (κ3) is 3.45. The monoisotopic (exact) mass is 355 g/mol. The van der Waals surface area contributed by atoms with E-state index in [1.54, 1.807) is 11.8 Å². The van der Waals surface area contributed by atoms with Crippen LogP contribution in [-0.2, 0) is 9.59 Å². The maximum Gasteiger partial charge on any atom is 0.227 e. The van der Waals surface area contributed by atoms with Crippen LogP contribution in [-0.4, -0.2) is 29.4 Å². The molecule has 2 fully saturated rings. The summed E-state index contributed by atoms with van der Waals surface area (Å²) in [5.41, 5.74) is 2.22. The molecular formula is C20H25N3O3. The molecule has 6 nitrogen and oxygen atoms in total. The Morgan fingerprint density at radius 3 is 2.77 bits per heavy atom. The van der Waals surface area contributed by atoms with E-state index >= 15 is 0 Å². The third-order valence-electron chi connectivity index (χ3n) is 5.49. The molecule has 138 valence electrons. The molecule has 2 aliphatic rings. The van der Waals surface area contributed by atoms with Gasteiger partial charge >= 0.3 is 0 Å². The number of aromatic nitrogens is 1. The molecule has 1 saturated carbocycles. The summed E-state index contributed by atoms with van der Waals surface area (Å²) in [5, 5.41) is 3.18. The predicted octanol–water partition coefficient (Wildman–Crippen LogP) is 3.33. The number of carbonyl (C=O) groups excluding carboxylic acids is 2. The van der Waals surface area contributed by atoms with Crippen molar-refractivity contribution in [2.24, 2.45) is 5.92 Å². The van der Waals surface area contributed by atoms with Gasteiger partial charge in [0.05, 0.1) is 5.92 Å². The zero-order valence-electron chi connectivity index (χ0n) is 15.2. The summed E-state index contributed by atoms with van der Waals surface area (Å²) >= 11 is 0. The maximum absolute atomic E-state index is 12.6. The van der Waals surface area contributed by atoms with Crippen LogP contribution in [0.1, 0.15) is 50.8 Å². The van der Waals surface area contributed by atoms with Crippen molar-refractivity contribution in [2.45, 2.75) is 57.9 Å². The van der Waals surface area contributed by atoms with Crippen molar-refractivity contribution in [2.75, 3.05) is 11.4 Å². The molecule has 0 radical (unpaired) electrons. The quantitative estimate of drug-likeness (QED) is 0.857. The highest BCUT2D eigenvalue weighted by Gasteiger charge is 2.36. The van der Waals surface area contributed by atoms with Crippen LogP contribution >= 0.6 is 0 Å². The van der Waals surface area contributed by atoms with Crippen molar-refractivity contribution in [3.05, 3.63) is 24.1 Å². The Labute approximate surface area is 152 Å². The minimum Gasteiger partial charge on any atom is -0.441 e. The molecule has 6 heteroatoms. The molecular weight excluding hydrogens is 330 g/mol. The number of carbonyl (C=O) groups is 2. The molecule has 1 atom stereocenters. The van der Waals surface area contributed by atoms with E-state index in [4.69, 9.17) is 4.42 Å². The smallest absolute Gasteiger partial charge is 0.227 e. The number of nitrogens with one attached hydrogen (secondary N) is 1. The number of anilines is 1. The molecule has 1 saturated heterocycles. The van der Waals surface area contributed by atoms with Gasteiger partial charge in [0.25, 0.3) is 0 Å². The van der Waals surface area contributed by atoms with E-state index < -0.39 is 0 Å². The summed E-state index contributed by atoms with van der Waals surface area (Å²) in [6, 6.07) is 5.81. The number of rotatable bonds is 3. The van der Waals surface area contributed by atoms with Crippen molar-refractivity contribution in [1.29, 1.82) is 0 Å². The number of amides is 2. The lowest BCUT2D eigenvalue weighted by molar-refractivity contribution is -0.127. The fourth-order valence-electron chi connectivity index (χ4n) is 4.07. The predicted molar refractivity (Wildman–Crippen MR) is 98.8 cm³/mol. The molecule has 1 aromatic heterocycles. The number of aryl methyl sites for hydroxylation is 1. The third-order valence-corrected chi connectivity index (χ3v) is 5.49. The summed E-state index contributed by atoms with van der Waals surface area (Å²) in [5.74, 6) is 0.336. The average molecular weight is 355 g/mol. The van der Waals surface area contributed by atoms with Crippen LogP contribution < -0.4 is 10.2 Å². The normalized spacial score (nSPS) is 22.0. The zero-order chi connectivity index (χ0) is 18.1. The number of fused-ring (bicyclic) bond motifs is 1. The van der Waals surface area contributed by atoms with Crippen molar-refractivity contribution in [1.82, 2.24) is 10.3 Å². The van der Waals surface area contributed by atoms with Gasteiger partial charge in [0.2, 0.25) is 11.8 Å². The second-order valence-electron chi connectivity index (χ2n) is 7.49. The van der Waals surface area contributed by atoms with E-state index in [0.717, 1.165) is 24.0 Å². The standard InChI is InChI=1S/C20H25N3O3/c1-13-21-17-11-16(8-9-18(17)26-13)23-12-14(10-19(23)24)20(25)22-15-6-4-2-3-5-7-15/h8-9,11,14-15H,2-7,10,12H2,1H3,(H,22,25)/t14-/m0/s1. The summed E-state index contributed by atoms with van der Waals surface area (Å²) in [6.07, 6.45) is 7.25. The number of hydrogen-bond donors (Lipinski definition) is 1. The van der Waals surface area contributed by atoms with Gasteiger partial charge in [-0.05, 0) is 31.0 Å². The lowest BCUT2D eigenvalue weighted by Gasteiger charge is -2.20. The highest BCUT2D eigenvalue weighted by molar-refractivity contribution is 6.01. The van der Waals surface area contributed by atoms with Gasteiger partial charge < -0.3 is 14.6 Å². The number of oxazole rings is 1. The van der Waals surface area contributed by atoms with Crippen LogP contribution in [0.25, 0.3) is 11.1 Å². The van der Waals surface area contributed by atoms with Crippen molar-refractivity contribution >= 4 is 28.6 Å². The Bertz CT molecular complexity index is 821. The average Bonchev–Trinajstić information content (AvgIpc) is 3.07. The van der Waals surface area contributed by atoms with Gasteiger partial charge in [0, 0.05) is 31.6 Å². The van der Waals surface area contributed by atoms with Gasteiger partial charge in [-0.1, -0.05) is 25.7 Å². The minimum atomic E-state index is -0.277. The van der Waals surface area contributed by atoms with Gasteiger partial charge in [0.15, 0.2) is 11.5 Å². The first-order chi connectivity index (χ1) is 12.6. The molecule has 0 bridgehead atoms. The van der Waals surface area contributed by atoms with Gasteiger partial charge in [-0.25, -0.2) is 4.98 Å². The van der Waals surface area contributed by atoms with E-state index in [1.165, 1.54) is 25.7 Å². The molecule has 1 aliphatic carbocycles. The van der Waals surface area contributed by atoms with Gasteiger partial charge in [-0.15, -0.1) is 0 Å². The van der Waals surface area contributed by atoms with E-state index in [2.05, 4.69) is 10.3 Å². The minimum absolute atomic E-state index is 0.00872. The van der Waals surface area contributed by atoms with Crippen LogP contribution in [0.5, 0.6) is 0 Å². The second-order valence-corrected chi connectivity index (χ2v) is 7.49. The van der Waals surface area contributed by atoms with Crippen molar-refractivity contribution in [3.63, 3.8) is 0 Å². The molecule has 26 heavy (non-hydrogen) atoms. The number of hydrogen-bond acceptors (Lipinski definition) is 4. The van der Waals surface area contributed by atoms with Gasteiger partial charge in [-0.3, -0.25) is 9.59 Å². The van der Waals surface area contributed by atoms with E-state index in [0.29, 0.717) is 18.0 Å². The first kappa shape index (κ1) is 17.1. The SMILES string of the molecule is Cc1nc2cc(N3C[C@@H](C(=O)NC4CCCCCC4)CC3=O)ccc2o1. The largest absolute Gasteiger partial charge is 0.441 e. The Balaban J connectivity index is 1.44. The summed E-state index contributed by atoms with van der Waals surface area (Å²) in [7, 11) is 0. The highest BCUT2D eigenvalue weighted by Crippen LogP contribution is 2.29. The molecule has 2 amide bonds. The first-order valence-electron chi connectivity index (χ1n) is 9.58. The van der Waals surface area contributed by atoms with Gasteiger partial charge in [-0.2, -0.15) is 0 Å². The molecule has 2 aromatic rings. The van der Waals surface area contributed by atoms with Crippen LogP contribution in [0, 0.1) is 12.8 Å². The van der Waals surface area contributed by atoms with Crippen molar-refractivity contribution < 1.29 is 14.0 Å². The summed E-state index contributed by atoms with van der Waals surface area (Å²) < 4.78 is 5.49. The lowest BCUT2D eigenvalue weighted by atomic mass is 10.0. The Kier molecular flexibility index (Phi) is 4.66. The topological polar surface area (TPSA) is 75.4 Å². The molecule has 0 unspecified atom stereocenters. The number of benzene rings is 1. The van der Waals surface area contributed by atoms with E-state index in [-0.39, 0.29) is 30.2 Å². The molecule has 1 aromatic carbocycles. The Morgan fingerprint density at radius 1 is 1.23 bits per heavy atom.